The van der Waals surface area contributed by atoms with Gasteiger partial charge in [-0.3, -0.25) is 14.4 Å². The maximum absolute atomic E-state index is 12.4. The minimum Gasteiger partial charge on any atom is -0.449 e. The second kappa shape index (κ2) is 14.8. The number of ketones is 2. The molecule has 4 fully saturated rings. The molecule has 3 unspecified atom stereocenters. The average molecular weight is 644 g/mol. The fraction of sp³-hybridized carbons (Fsp3) is 0.553. The normalized spacial score (nSPS) is 25.2. The van der Waals surface area contributed by atoms with Crippen molar-refractivity contribution in [3.05, 3.63) is 59.7 Å². The van der Waals surface area contributed by atoms with E-state index >= 15 is 0 Å². The molecule has 252 valence electrons. The molecule has 9 nitrogen and oxygen atoms in total. The Kier molecular flexibility index (Phi) is 10.8. The van der Waals surface area contributed by atoms with Gasteiger partial charge in [-0.25, -0.2) is 4.79 Å². The molecule has 7 rings (SSSR count). The third kappa shape index (κ3) is 8.11. The number of rotatable bonds is 10. The molecule has 0 radical (unpaired) electrons. The zero-order valence-corrected chi connectivity index (χ0v) is 28.2. The van der Waals surface area contributed by atoms with Crippen LogP contribution in [-0.4, -0.2) is 54.2 Å². The van der Waals surface area contributed by atoms with E-state index in [0.29, 0.717) is 5.78 Å². The van der Waals surface area contributed by atoms with Crippen LogP contribution in [0.2, 0.25) is 0 Å². The number of fused-ring (bicyclic) bond motifs is 3. The highest BCUT2D eigenvalue weighted by Crippen LogP contribution is 2.57. The van der Waals surface area contributed by atoms with Crippen molar-refractivity contribution in [2.24, 2.45) is 29.6 Å². The maximum Gasteiger partial charge on any atom is 0.407 e. The Bertz CT molecular complexity index is 1430. The van der Waals surface area contributed by atoms with E-state index in [2.05, 4.69) is 28.1 Å². The van der Waals surface area contributed by atoms with Gasteiger partial charge in [0.2, 0.25) is 11.8 Å². The van der Waals surface area contributed by atoms with E-state index in [9.17, 15) is 24.0 Å². The van der Waals surface area contributed by atoms with Gasteiger partial charge in [0.25, 0.3) is 0 Å². The van der Waals surface area contributed by atoms with Crippen molar-refractivity contribution in [3.63, 3.8) is 0 Å². The van der Waals surface area contributed by atoms with Crippen LogP contribution in [0.25, 0.3) is 11.1 Å². The van der Waals surface area contributed by atoms with Crippen molar-refractivity contribution in [2.45, 2.75) is 97.2 Å². The van der Waals surface area contributed by atoms with Gasteiger partial charge in [-0.1, -0.05) is 48.5 Å². The van der Waals surface area contributed by atoms with Crippen LogP contribution in [0.4, 0.5) is 4.79 Å². The topological polar surface area (TPSA) is 131 Å². The molecular weight excluding hydrogens is 594 g/mol. The lowest BCUT2D eigenvalue weighted by molar-refractivity contribution is -0.131. The Morgan fingerprint density at radius 3 is 1.64 bits per heavy atom. The van der Waals surface area contributed by atoms with Gasteiger partial charge in [0.15, 0.2) is 5.78 Å². The second-order valence-corrected chi connectivity index (χ2v) is 14.3. The molecule has 5 aliphatic rings. The summed E-state index contributed by atoms with van der Waals surface area (Å²) in [5, 5.41) is 7.53. The van der Waals surface area contributed by atoms with Crippen LogP contribution in [-0.2, 0) is 23.9 Å². The van der Waals surface area contributed by atoms with E-state index in [1.54, 1.807) is 13.8 Å². The second-order valence-electron chi connectivity index (χ2n) is 14.3. The summed E-state index contributed by atoms with van der Waals surface area (Å²) in [5.74, 6) is 3.84. The third-order valence-corrected chi connectivity index (χ3v) is 10.7. The first-order valence-electron chi connectivity index (χ1n) is 17.1. The Balaban J connectivity index is 0.000000254. The summed E-state index contributed by atoms with van der Waals surface area (Å²) in [6, 6.07) is 13.6. The van der Waals surface area contributed by atoms with Crippen molar-refractivity contribution in [2.75, 3.05) is 6.61 Å². The molecule has 3 N–H and O–H groups in total. The number of alkyl carbamates (subject to hydrolysis) is 1. The SMILES string of the molecule is CC(=O)C(C)NC(=O)C(C)NC(=O)C(C)NC(=O)OCC1c2ccccc2-c2ccccc21.CC(=O)CC1C2CC3CC(C2)CC1C3. The number of hydrogen-bond acceptors (Lipinski definition) is 6. The molecule has 2 aromatic carbocycles. The monoisotopic (exact) mass is 643 g/mol. The van der Waals surface area contributed by atoms with Crippen molar-refractivity contribution in [1.29, 1.82) is 0 Å². The molecule has 4 bridgehead atoms. The molecule has 4 saturated carbocycles. The first kappa shape index (κ1) is 34.3. The molecule has 9 heteroatoms. The van der Waals surface area contributed by atoms with Crippen molar-refractivity contribution >= 4 is 29.5 Å². The van der Waals surface area contributed by atoms with E-state index in [1.165, 1.54) is 52.9 Å². The summed E-state index contributed by atoms with van der Waals surface area (Å²) in [4.78, 5) is 59.3. The summed E-state index contributed by atoms with van der Waals surface area (Å²) in [7, 11) is 0. The van der Waals surface area contributed by atoms with Crippen LogP contribution in [0.3, 0.4) is 0 Å². The summed E-state index contributed by atoms with van der Waals surface area (Å²) in [6.45, 7) is 7.84. The molecule has 3 atom stereocenters. The quantitative estimate of drug-likeness (QED) is 0.311. The highest BCUT2D eigenvalue weighted by molar-refractivity contribution is 5.93. The molecule has 0 aliphatic heterocycles. The van der Waals surface area contributed by atoms with Crippen LogP contribution in [0.1, 0.15) is 90.2 Å². The minimum atomic E-state index is -0.916. The fourth-order valence-corrected chi connectivity index (χ4v) is 8.43. The van der Waals surface area contributed by atoms with Gasteiger partial charge in [-0.2, -0.15) is 0 Å². The Morgan fingerprint density at radius 2 is 1.15 bits per heavy atom. The van der Waals surface area contributed by atoms with Gasteiger partial charge in [0.05, 0.1) is 6.04 Å². The van der Waals surface area contributed by atoms with Crippen molar-refractivity contribution in [1.82, 2.24) is 16.0 Å². The zero-order valence-electron chi connectivity index (χ0n) is 28.2. The first-order valence-corrected chi connectivity index (χ1v) is 17.1. The smallest absolute Gasteiger partial charge is 0.407 e. The lowest BCUT2D eigenvalue weighted by Gasteiger charge is -2.54. The Hall–Kier alpha value is -4.01. The van der Waals surface area contributed by atoms with Crippen LogP contribution in [0.5, 0.6) is 0 Å². The van der Waals surface area contributed by atoms with E-state index in [1.807, 2.05) is 36.4 Å². The molecule has 0 saturated heterocycles. The largest absolute Gasteiger partial charge is 0.449 e. The Morgan fingerprint density at radius 1 is 0.681 bits per heavy atom. The van der Waals surface area contributed by atoms with Crippen molar-refractivity contribution in [3.8, 4) is 11.1 Å². The molecule has 2 aromatic rings. The zero-order chi connectivity index (χ0) is 33.8. The first-order chi connectivity index (χ1) is 22.4. The minimum absolute atomic E-state index is 0.0840. The predicted molar refractivity (Wildman–Crippen MR) is 179 cm³/mol. The van der Waals surface area contributed by atoms with Crippen molar-refractivity contribution < 1.29 is 28.7 Å². The fourth-order valence-electron chi connectivity index (χ4n) is 8.43. The number of ether oxygens (including phenoxy) is 1. The van der Waals surface area contributed by atoms with Crippen LogP contribution >= 0.6 is 0 Å². The number of benzene rings is 2. The molecule has 3 amide bonds. The van der Waals surface area contributed by atoms with E-state index in [-0.39, 0.29) is 18.3 Å². The van der Waals surface area contributed by atoms with E-state index < -0.39 is 36.0 Å². The molecule has 0 spiro atoms. The third-order valence-electron chi connectivity index (χ3n) is 10.7. The number of hydrogen-bond donors (Lipinski definition) is 3. The van der Waals surface area contributed by atoms with Gasteiger partial charge < -0.3 is 25.5 Å². The van der Waals surface area contributed by atoms with Crippen LogP contribution in [0, 0.1) is 29.6 Å². The number of Topliss-reactive ketones (excluding diaryl/α,β-unsaturated/α-hetero) is 2. The standard InChI is InChI=1S/C25H29N3O5.C13H20O/c1-14(17(4)29)26-23(30)15(2)27-24(31)16(3)28-25(32)33-13-22-20-11-7-5-9-18(20)19-10-6-8-12-21(19)22;1-8(14)2-13-11-4-9-3-10(6-11)7-12(13)5-9/h5-12,14-16,22H,13H2,1-4H3,(H,26,30)(H,27,31)(H,28,32);9-13H,2-7H2,1H3. The molecule has 47 heavy (non-hydrogen) atoms. The molecular formula is C38H49N3O6. The number of carbonyl (C=O) groups excluding carboxylic acids is 5. The summed E-state index contributed by atoms with van der Waals surface area (Å²) >= 11 is 0. The van der Waals surface area contributed by atoms with Gasteiger partial charge in [0.1, 0.15) is 24.5 Å². The molecule has 5 aliphatic carbocycles. The summed E-state index contributed by atoms with van der Waals surface area (Å²) in [5.41, 5.74) is 4.44. The van der Waals surface area contributed by atoms with Gasteiger partial charge in [-0.15, -0.1) is 0 Å². The van der Waals surface area contributed by atoms with Gasteiger partial charge >= 0.3 is 6.09 Å². The highest BCUT2D eigenvalue weighted by atomic mass is 16.5. The number of nitrogens with one attached hydrogen (secondary N) is 3. The summed E-state index contributed by atoms with van der Waals surface area (Å²) < 4.78 is 5.45. The predicted octanol–water partition coefficient (Wildman–Crippen LogP) is 5.55. The molecule has 0 aromatic heterocycles. The van der Waals surface area contributed by atoms with Crippen LogP contribution < -0.4 is 16.0 Å². The van der Waals surface area contributed by atoms with E-state index in [0.717, 1.165) is 58.3 Å². The van der Waals surface area contributed by atoms with Crippen LogP contribution in [0.15, 0.2) is 48.5 Å². The average Bonchev–Trinajstić information content (AvgIpc) is 3.35. The molecule has 0 heterocycles. The lowest BCUT2D eigenvalue weighted by atomic mass is 9.51. The lowest BCUT2D eigenvalue weighted by Crippen LogP contribution is -2.53. The van der Waals surface area contributed by atoms with Gasteiger partial charge in [0, 0.05) is 12.3 Å². The number of amides is 3. The maximum atomic E-state index is 12.4. The van der Waals surface area contributed by atoms with Gasteiger partial charge in [-0.05, 0) is 119 Å². The Labute approximate surface area is 278 Å². The number of carbonyl (C=O) groups is 5. The van der Waals surface area contributed by atoms with E-state index in [4.69, 9.17) is 4.74 Å². The highest BCUT2D eigenvalue weighted by Gasteiger charge is 2.48. The summed E-state index contributed by atoms with van der Waals surface area (Å²) in [6.07, 6.45) is 7.47.